The summed E-state index contributed by atoms with van der Waals surface area (Å²) in [5.41, 5.74) is 6.09. The van der Waals surface area contributed by atoms with Crippen LogP contribution in [0.2, 0.25) is 5.02 Å². The van der Waals surface area contributed by atoms with Crippen molar-refractivity contribution in [1.29, 1.82) is 0 Å². The lowest BCUT2D eigenvalue weighted by Gasteiger charge is -2.00. The molecule has 0 heterocycles. The van der Waals surface area contributed by atoms with Crippen LogP contribution in [0.15, 0.2) is 24.3 Å². The van der Waals surface area contributed by atoms with Gasteiger partial charge in [0.25, 0.3) is 0 Å². The van der Waals surface area contributed by atoms with Crippen molar-refractivity contribution in [3.63, 3.8) is 0 Å². The van der Waals surface area contributed by atoms with Gasteiger partial charge in [-0.15, -0.1) is 0 Å². The van der Waals surface area contributed by atoms with Crippen molar-refractivity contribution in [2.75, 3.05) is 0 Å². The monoisotopic (exact) mass is 223 g/mol. The molecule has 0 aliphatic heterocycles. The molecule has 1 rings (SSSR count). The Balaban J connectivity index is 3.08. The van der Waals surface area contributed by atoms with Crippen molar-refractivity contribution in [2.24, 2.45) is 5.73 Å². The Hall–Kier alpha value is -1.61. The number of ketones is 1. The summed E-state index contributed by atoms with van der Waals surface area (Å²) in [5.74, 6) is -0.649. The number of rotatable bonds is 3. The fraction of sp³-hybridized carbons (Fsp3) is 0.0909. The molecule has 3 nitrogen and oxygen atoms in total. The van der Waals surface area contributed by atoms with Crippen LogP contribution in [0.1, 0.15) is 22.8 Å². The van der Waals surface area contributed by atoms with E-state index < -0.39 is 5.91 Å². The zero-order valence-corrected chi connectivity index (χ0v) is 8.91. The van der Waals surface area contributed by atoms with Gasteiger partial charge >= 0.3 is 0 Å². The smallest absolute Gasteiger partial charge is 0.241 e. The minimum absolute atomic E-state index is 0.116. The second kappa shape index (κ2) is 4.75. The summed E-state index contributed by atoms with van der Waals surface area (Å²) < 4.78 is 0. The van der Waals surface area contributed by atoms with E-state index in [1.54, 1.807) is 18.2 Å². The highest BCUT2D eigenvalue weighted by atomic mass is 35.5. The third kappa shape index (κ3) is 3.22. The number of benzene rings is 1. The summed E-state index contributed by atoms with van der Waals surface area (Å²) in [6, 6.07) is 4.93. The van der Waals surface area contributed by atoms with E-state index in [0.29, 0.717) is 16.1 Å². The molecule has 0 radical (unpaired) electrons. The molecule has 0 aliphatic carbocycles. The summed E-state index contributed by atoms with van der Waals surface area (Å²) >= 11 is 5.82. The number of Topliss-reactive ketones (excluding diaryl/α,β-unsaturated/α-hetero) is 1. The molecular formula is C11H10ClNO2. The van der Waals surface area contributed by atoms with Gasteiger partial charge in [0.2, 0.25) is 5.91 Å². The van der Waals surface area contributed by atoms with Crippen molar-refractivity contribution in [3.8, 4) is 0 Å². The fourth-order valence-electron chi connectivity index (χ4n) is 1.09. The molecule has 0 fully saturated rings. The first-order valence-corrected chi connectivity index (χ1v) is 4.66. The molecular weight excluding hydrogens is 214 g/mol. The van der Waals surface area contributed by atoms with E-state index in [0.717, 1.165) is 0 Å². The molecule has 0 unspecified atom stereocenters. The third-order valence-corrected chi connectivity index (χ3v) is 2.14. The first kappa shape index (κ1) is 11.5. The van der Waals surface area contributed by atoms with Gasteiger partial charge in [0.15, 0.2) is 5.78 Å². The fourth-order valence-corrected chi connectivity index (χ4v) is 1.35. The van der Waals surface area contributed by atoms with Crippen molar-refractivity contribution in [3.05, 3.63) is 40.4 Å². The van der Waals surface area contributed by atoms with E-state index in [1.165, 1.54) is 19.1 Å². The molecule has 1 aromatic carbocycles. The molecule has 0 atom stereocenters. The standard InChI is InChI=1S/C11H10ClNO2/c1-7(14)9-6-8(2-4-10(9)12)3-5-11(13)15/h2-6H,1H3,(H2,13,15). The second-order valence-electron chi connectivity index (χ2n) is 3.03. The number of hydrogen-bond donors (Lipinski definition) is 1. The van der Waals surface area contributed by atoms with E-state index in [4.69, 9.17) is 17.3 Å². The molecule has 4 heteroatoms. The lowest BCUT2D eigenvalue weighted by molar-refractivity contribution is -0.113. The largest absolute Gasteiger partial charge is 0.366 e. The third-order valence-electron chi connectivity index (χ3n) is 1.81. The SMILES string of the molecule is CC(=O)c1cc(C=CC(N)=O)ccc1Cl. The minimum atomic E-state index is -0.533. The molecule has 15 heavy (non-hydrogen) atoms. The molecule has 0 aliphatic rings. The van der Waals surface area contributed by atoms with Gasteiger partial charge in [-0.2, -0.15) is 0 Å². The molecule has 1 amide bonds. The molecule has 2 N–H and O–H groups in total. The zero-order valence-electron chi connectivity index (χ0n) is 8.16. The molecule has 0 saturated heterocycles. The van der Waals surface area contributed by atoms with E-state index in [9.17, 15) is 9.59 Å². The quantitative estimate of drug-likeness (QED) is 0.630. The molecule has 0 bridgehead atoms. The van der Waals surface area contributed by atoms with Crippen LogP contribution in [0.3, 0.4) is 0 Å². The van der Waals surface area contributed by atoms with Crippen LogP contribution in [0, 0.1) is 0 Å². The molecule has 1 aromatic rings. The number of halogens is 1. The Labute approximate surface area is 92.5 Å². The van der Waals surface area contributed by atoms with Gasteiger partial charge in [-0.3, -0.25) is 9.59 Å². The predicted molar refractivity (Wildman–Crippen MR) is 59.7 cm³/mol. The minimum Gasteiger partial charge on any atom is -0.366 e. The first-order chi connectivity index (χ1) is 7.00. The van der Waals surface area contributed by atoms with Crippen LogP contribution in [-0.2, 0) is 4.79 Å². The average Bonchev–Trinajstić information content (AvgIpc) is 2.16. The van der Waals surface area contributed by atoms with Gasteiger partial charge < -0.3 is 5.73 Å². The summed E-state index contributed by atoms with van der Waals surface area (Å²) in [6.07, 6.45) is 2.76. The summed E-state index contributed by atoms with van der Waals surface area (Å²) in [6.45, 7) is 1.43. The molecule has 0 spiro atoms. The first-order valence-electron chi connectivity index (χ1n) is 4.28. The van der Waals surface area contributed by atoms with Gasteiger partial charge in [0, 0.05) is 11.6 Å². The van der Waals surface area contributed by atoms with Crippen LogP contribution in [0.25, 0.3) is 6.08 Å². The Bertz CT molecular complexity index is 438. The summed E-state index contributed by atoms with van der Waals surface area (Å²) in [5, 5.41) is 0.402. The van der Waals surface area contributed by atoms with Gasteiger partial charge in [0.1, 0.15) is 0 Å². The van der Waals surface area contributed by atoms with Crippen LogP contribution in [0.4, 0.5) is 0 Å². The maximum absolute atomic E-state index is 11.2. The second-order valence-corrected chi connectivity index (χ2v) is 3.44. The average molecular weight is 224 g/mol. The number of nitrogens with two attached hydrogens (primary N) is 1. The number of primary amides is 1. The Morgan fingerprint density at radius 1 is 1.40 bits per heavy atom. The van der Waals surface area contributed by atoms with Crippen molar-refractivity contribution >= 4 is 29.4 Å². The van der Waals surface area contributed by atoms with E-state index in [1.807, 2.05) is 0 Å². The highest BCUT2D eigenvalue weighted by molar-refractivity contribution is 6.33. The van der Waals surface area contributed by atoms with Crippen LogP contribution in [-0.4, -0.2) is 11.7 Å². The maximum atomic E-state index is 11.2. The lowest BCUT2D eigenvalue weighted by Crippen LogP contribution is -2.05. The normalized spacial score (nSPS) is 10.5. The van der Waals surface area contributed by atoms with Crippen LogP contribution in [0.5, 0.6) is 0 Å². The van der Waals surface area contributed by atoms with Crippen molar-refractivity contribution in [2.45, 2.75) is 6.92 Å². The van der Waals surface area contributed by atoms with Gasteiger partial charge in [-0.1, -0.05) is 17.7 Å². The van der Waals surface area contributed by atoms with E-state index in [-0.39, 0.29) is 5.78 Å². The highest BCUT2D eigenvalue weighted by Gasteiger charge is 2.05. The van der Waals surface area contributed by atoms with Crippen molar-refractivity contribution in [1.82, 2.24) is 0 Å². The Morgan fingerprint density at radius 3 is 2.60 bits per heavy atom. The zero-order chi connectivity index (χ0) is 11.4. The Kier molecular flexibility index (Phi) is 3.63. The number of carbonyl (C=O) groups is 2. The Morgan fingerprint density at radius 2 is 2.07 bits per heavy atom. The molecule has 0 aromatic heterocycles. The van der Waals surface area contributed by atoms with E-state index >= 15 is 0 Å². The van der Waals surface area contributed by atoms with Gasteiger partial charge in [-0.05, 0) is 30.7 Å². The summed E-state index contributed by atoms with van der Waals surface area (Å²) in [4.78, 5) is 21.7. The maximum Gasteiger partial charge on any atom is 0.241 e. The topological polar surface area (TPSA) is 60.2 Å². The van der Waals surface area contributed by atoms with E-state index in [2.05, 4.69) is 0 Å². The van der Waals surface area contributed by atoms with Gasteiger partial charge in [0.05, 0.1) is 5.02 Å². The predicted octanol–water partition coefficient (Wildman–Crippen LogP) is 2.04. The number of carbonyl (C=O) groups excluding carboxylic acids is 2. The van der Waals surface area contributed by atoms with Crippen molar-refractivity contribution < 1.29 is 9.59 Å². The number of hydrogen-bond acceptors (Lipinski definition) is 2. The van der Waals surface area contributed by atoms with Crippen LogP contribution >= 0.6 is 11.6 Å². The molecule has 78 valence electrons. The summed E-state index contributed by atoms with van der Waals surface area (Å²) in [7, 11) is 0. The number of amides is 1. The highest BCUT2D eigenvalue weighted by Crippen LogP contribution is 2.18. The van der Waals surface area contributed by atoms with Crippen LogP contribution < -0.4 is 5.73 Å². The lowest BCUT2D eigenvalue weighted by atomic mass is 10.1. The van der Waals surface area contributed by atoms with Gasteiger partial charge in [-0.25, -0.2) is 0 Å². The molecule has 0 saturated carbocycles.